The lowest BCUT2D eigenvalue weighted by atomic mass is 9.45. The highest BCUT2D eigenvalue weighted by atomic mass is 32.1. The number of rotatable bonds is 5. The molecule has 0 radical (unpaired) electrons. The molecule has 1 heterocycles. The lowest BCUT2D eigenvalue weighted by molar-refractivity contribution is -0.197. The van der Waals surface area contributed by atoms with Crippen LogP contribution >= 0.6 is 12.6 Å². The highest BCUT2D eigenvalue weighted by Crippen LogP contribution is 2.68. The minimum absolute atomic E-state index is 0.00570. The number of aliphatic hydroxyl groups is 2. The fourth-order valence-electron chi connectivity index (χ4n) is 9.33. The molecule has 4 fully saturated rings. The lowest BCUT2D eigenvalue weighted by Gasteiger charge is -2.60. The average molecular weight is 581 g/mol. The third-order valence-electron chi connectivity index (χ3n) is 11.5. The summed E-state index contributed by atoms with van der Waals surface area (Å²) < 4.78 is 22.0. The smallest absolute Gasteiger partial charge is 0.309 e. The Labute approximate surface area is 244 Å². The van der Waals surface area contributed by atoms with Crippen LogP contribution in [0.15, 0.2) is 30.0 Å². The van der Waals surface area contributed by atoms with Gasteiger partial charge in [0.2, 0.25) is 5.12 Å². The van der Waals surface area contributed by atoms with Crippen LogP contribution in [0.5, 0.6) is 0 Å². The Hall–Kier alpha value is -2.49. The number of carbonyl (C=O) groups is 2. The SMILES string of the molecule is C[C@]12Cc3cnn(-c4ccc(F)c(CO)c4)c3C=C1CC[C@@H]1[C@@H]2[C@@H](O)C[C@@]2(C)[C@H]1CC[C@]2(OC(=O)C1CC1)C(=O)S. The molecule has 1 aromatic heterocycles. The standard InChI is InChI=1S/C32H37FN2O5S/c1-30-13-19-15-34-35(21-6-8-24(33)18(11-21)16-36)25(19)12-20(30)5-7-22-23-9-10-32(29(39)41,40-28(38)17-3-4-17)31(23,2)14-26(37)27(22)30/h6,8,11-12,15,17,22-23,26-27,36-37H,3-5,7,9-10,13-14,16H2,1-2H3,(H,39,41)/t22-,23-,26-,27+,30-,31-,32-/m0/s1. The number of esters is 1. The van der Waals surface area contributed by atoms with Crippen LogP contribution in [0, 0.1) is 40.3 Å². The largest absolute Gasteiger partial charge is 0.449 e. The number of aliphatic hydroxyl groups excluding tert-OH is 2. The van der Waals surface area contributed by atoms with E-state index in [1.165, 1.54) is 11.6 Å². The van der Waals surface area contributed by atoms with E-state index < -0.39 is 28.1 Å². The zero-order valence-corrected chi connectivity index (χ0v) is 24.4. The van der Waals surface area contributed by atoms with Crippen molar-refractivity contribution < 1.29 is 28.9 Å². The first-order valence-corrected chi connectivity index (χ1v) is 15.3. The molecule has 0 unspecified atom stereocenters. The van der Waals surface area contributed by atoms with Gasteiger partial charge in [-0.15, -0.1) is 12.6 Å². The second kappa shape index (κ2) is 9.25. The minimum atomic E-state index is -1.30. The van der Waals surface area contributed by atoms with Gasteiger partial charge in [-0.2, -0.15) is 5.10 Å². The number of thiol groups is 1. The van der Waals surface area contributed by atoms with Crippen molar-refractivity contribution in [1.29, 1.82) is 0 Å². The minimum Gasteiger partial charge on any atom is -0.449 e. The maximum Gasteiger partial charge on any atom is 0.309 e. The third kappa shape index (κ3) is 3.80. The topological polar surface area (TPSA) is 102 Å². The number of halogens is 1. The van der Waals surface area contributed by atoms with Crippen molar-refractivity contribution in [3.63, 3.8) is 0 Å². The van der Waals surface area contributed by atoms with Gasteiger partial charge in [-0.1, -0.05) is 19.4 Å². The van der Waals surface area contributed by atoms with Gasteiger partial charge in [-0.25, -0.2) is 9.07 Å². The van der Waals surface area contributed by atoms with Crippen LogP contribution < -0.4 is 0 Å². The number of carbonyl (C=O) groups excluding carboxylic acids is 2. The number of fused-ring (bicyclic) bond motifs is 6. The number of aromatic nitrogens is 2. The summed E-state index contributed by atoms with van der Waals surface area (Å²) in [5.41, 5.74) is 1.95. The highest BCUT2D eigenvalue weighted by molar-refractivity contribution is 7.96. The Morgan fingerprint density at radius 3 is 2.71 bits per heavy atom. The second-order valence-electron chi connectivity index (χ2n) is 13.6. The molecular weight excluding hydrogens is 543 g/mol. The Morgan fingerprint density at radius 2 is 2.00 bits per heavy atom. The molecule has 0 bridgehead atoms. The molecule has 2 N–H and O–H groups in total. The molecule has 2 aromatic rings. The van der Waals surface area contributed by atoms with Crippen LogP contribution in [0.25, 0.3) is 11.8 Å². The predicted octanol–water partition coefficient (Wildman–Crippen LogP) is 4.81. The van der Waals surface area contributed by atoms with Gasteiger partial charge >= 0.3 is 5.97 Å². The molecule has 7 atom stereocenters. The zero-order valence-electron chi connectivity index (χ0n) is 23.5. The zero-order chi connectivity index (χ0) is 28.9. The van der Waals surface area contributed by atoms with E-state index in [-0.39, 0.29) is 47.2 Å². The molecule has 5 aliphatic carbocycles. The maximum absolute atomic E-state index is 14.1. The summed E-state index contributed by atoms with van der Waals surface area (Å²) in [7, 11) is 0. The maximum atomic E-state index is 14.1. The van der Waals surface area contributed by atoms with Crippen LogP contribution in [0.1, 0.15) is 75.6 Å². The molecule has 7 nitrogen and oxygen atoms in total. The monoisotopic (exact) mass is 580 g/mol. The Bertz CT molecular complexity index is 1480. The van der Waals surface area contributed by atoms with Crippen molar-refractivity contribution in [2.45, 2.75) is 83.5 Å². The van der Waals surface area contributed by atoms with E-state index in [1.807, 2.05) is 13.1 Å². The van der Waals surface area contributed by atoms with Gasteiger partial charge in [-0.05, 0) is 104 Å². The van der Waals surface area contributed by atoms with E-state index in [9.17, 15) is 24.2 Å². The van der Waals surface area contributed by atoms with E-state index in [4.69, 9.17) is 4.74 Å². The van der Waals surface area contributed by atoms with E-state index in [0.717, 1.165) is 49.8 Å². The molecule has 0 aliphatic heterocycles. The van der Waals surface area contributed by atoms with E-state index in [0.29, 0.717) is 18.5 Å². The fourth-order valence-corrected chi connectivity index (χ4v) is 9.74. The summed E-state index contributed by atoms with van der Waals surface area (Å²) in [6.07, 6.45) is 9.06. The molecule has 218 valence electrons. The van der Waals surface area contributed by atoms with E-state index >= 15 is 0 Å². The lowest BCUT2D eigenvalue weighted by Crippen LogP contribution is -2.62. The average Bonchev–Trinajstić information content (AvgIpc) is 3.64. The molecule has 0 spiro atoms. The normalized spacial score (nSPS) is 37.4. The van der Waals surface area contributed by atoms with Crippen LogP contribution in [0.2, 0.25) is 0 Å². The number of nitrogens with zero attached hydrogens (tertiary/aromatic N) is 2. The van der Waals surface area contributed by atoms with Gasteiger partial charge in [0.1, 0.15) is 5.82 Å². The molecule has 5 aliphatic rings. The number of ether oxygens (including phenoxy) is 1. The number of hydrogen-bond donors (Lipinski definition) is 3. The van der Waals surface area contributed by atoms with Crippen molar-refractivity contribution in [1.82, 2.24) is 9.78 Å². The summed E-state index contributed by atoms with van der Waals surface area (Å²) in [5, 5.41) is 25.7. The van der Waals surface area contributed by atoms with Crippen LogP contribution in [0.4, 0.5) is 4.39 Å². The molecule has 1 aromatic carbocycles. The first-order valence-electron chi connectivity index (χ1n) is 14.8. The molecule has 4 saturated carbocycles. The summed E-state index contributed by atoms with van der Waals surface area (Å²) in [6, 6.07) is 4.65. The van der Waals surface area contributed by atoms with Gasteiger partial charge < -0.3 is 14.9 Å². The number of benzene rings is 1. The van der Waals surface area contributed by atoms with Crippen molar-refractivity contribution in [2.24, 2.45) is 34.5 Å². The Morgan fingerprint density at radius 1 is 1.22 bits per heavy atom. The summed E-state index contributed by atoms with van der Waals surface area (Å²) in [5.74, 6) is -0.548. The fraction of sp³-hybridized carbons (Fsp3) is 0.594. The van der Waals surface area contributed by atoms with Crippen LogP contribution in [-0.4, -0.2) is 42.8 Å². The number of allylic oxidation sites excluding steroid dienone is 1. The molecule has 41 heavy (non-hydrogen) atoms. The van der Waals surface area contributed by atoms with Gasteiger partial charge in [0.05, 0.1) is 36.2 Å². The van der Waals surface area contributed by atoms with Crippen molar-refractivity contribution in [3.05, 3.63) is 52.6 Å². The Kier molecular flexibility index (Phi) is 6.17. The molecule has 9 heteroatoms. The van der Waals surface area contributed by atoms with Crippen LogP contribution in [-0.2, 0) is 27.4 Å². The molecule has 0 amide bonds. The summed E-state index contributed by atoms with van der Waals surface area (Å²) in [6.45, 7) is 3.91. The first-order chi connectivity index (χ1) is 19.5. The molecular formula is C32H37FN2O5S. The predicted molar refractivity (Wildman–Crippen MR) is 152 cm³/mol. The Balaban J connectivity index is 1.22. The second-order valence-corrected chi connectivity index (χ2v) is 14.0. The number of hydrogen-bond acceptors (Lipinski definition) is 6. The van der Waals surface area contributed by atoms with E-state index in [1.54, 1.807) is 16.8 Å². The molecule has 7 rings (SSSR count). The quantitative estimate of drug-likeness (QED) is 0.347. The van der Waals surface area contributed by atoms with Crippen molar-refractivity contribution in [2.75, 3.05) is 0 Å². The van der Waals surface area contributed by atoms with Gasteiger partial charge in [0.15, 0.2) is 5.60 Å². The van der Waals surface area contributed by atoms with Crippen molar-refractivity contribution in [3.8, 4) is 5.69 Å². The summed E-state index contributed by atoms with van der Waals surface area (Å²) in [4.78, 5) is 26.0. The van der Waals surface area contributed by atoms with Gasteiger partial charge in [-0.3, -0.25) is 9.59 Å². The van der Waals surface area contributed by atoms with Gasteiger partial charge in [0, 0.05) is 11.0 Å². The molecule has 0 saturated heterocycles. The van der Waals surface area contributed by atoms with E-state index in [2.05, 4.69) is 30.7 Å². The third-order valence-corrected chi connectivity index (χ3v) is 11.9. The van der Waals surface area contributed by atoms with Crippen LogP contribution in [0.3, 0.4) is 0 Å². The first kappa shape index (κ1) is 27.3. The van der Waals surface area contributed by atoms with Crippen molar-refractivity contribution >= 4 is 29.8 Å². The summed E-state index contributed by atoms with van der Waals surface area (Å²) >= 11 is 4.28. The van der Waals surface area contributed by atoms with Gasteiger partial charge in [0.25, 0.3) is 0 Å². The highest BCUT2D eigenvalue weighted by Gasteiger charge is 2.70.